The molecule has 1 fully saturated rings. The van der Waals surface area contributed by atoms with Crippen molar-refractivity contribution in [2.75, 3.05) is 25.0 Å². The van der Waals surface area contributed by atoms with Gasteiger partial charge in [-0.05, 0) is 36.8 Å². The van der Waals surface area contributed by atoms with E-state index < -0.39 is 0 Å². The molecule has 0 radical (unpaired) electrons. The third-order valence-corrected chi connectivity index (χ3v) is 6.65. The number of H-pyrrole nitrogens is 1. The number of amides is 1. The van der Waals surface area contributed by atoms with Crippen molar-refractivity contribution < 1.29 is 9.32 Å². The van der Waals surface area contributed by atoms with Gasteiger partial charge in [0.05, 0.1) is 40.1 Å². The molecule has 3 aromatic heterocycles. The second kappa shape index (κ2) is 8.05. The van der Waals surface area contributed by atoms with Crippen molar-refractivity contribution in [2.24, 2.45) is 0 Å². The zero-order valence-electron chi connectivity index (χ0n) is 17.9. The molecular weight excluding hydrogens is 438 g/mol. The van der Waals surface area contributed by atoms with Crippen LogP contribution in [0.25, 0.3) is 21.3 Å². The Balaban J connectivity index is 1.02. The predicted molar refractivity (Wildman–Crippen MR) is 125 cm³/mol. The number of aromatic nitrogens is 5. The van der Waals surface area contributed by atoms with Gasteiger partial charge in [0.1, 0.15) is 5.82 Å². The van der Waals surface area contributed by atoms with E-state index in [1.165, 1.54) is 16.9 Å². The number of carbonyl (C=O) groups excluding carboxylic acids is 1. The number of aromatic amines is 1. The summed E-state index contributed by atoms with van der Waals surface area (Å²) in [7, 11) is 0. The molecular formula is C23H21N7O2S. The summed E-state index contributed by atoms with van der Waals surface area (Å²) < 4.78 is 6.54. The lowest BCUT2D eigenvalue weighted by Crippen LogP contribution is -2.48. The Morgan fingerprint density at radius 1 is 1.18 bits per heavy atom. The number of hydrogen-bond donors (Lipinski definition) is 2. The number of anilines is 1. The zero-order valence-corrected chi connectivity index (χ0v) is 18.7. The van der Waals surface area contributed by atoms with Crippen LogP contribution in [-0.2, 0) is 11.2 Å². The monoisotopic (exact) mass is 459 g/mol. The van der Waals surface area contributed by atoms with Gasteiger partial charge in [0.25, 0.3) is 0 Å². The van der Waals surface area contributed by atoms with Crippen LogP contribution in [0.15, 0.2) is 47.0 Å². The number of para-hydroxylation sites is 2. The Hall–Kier alpha value is -3.63. The number of fused-ring (bicyclic) bond motifs is 2. The van der Waals surface area contributed by atoms with Gasteiger partial charge in [-0.1, -0.05) is 34.7 Å². The molecule has 1 amide bonds. The van der Waals surface area contributed by atoms with Crippen LogP contribution >= 0.6 is 11.3 Å². The van der Waals surface area contributed by atoms with E-state index in [0.717, 1.165) is 27.1 Å². The summed E-state index contributed by atoms with van der Waals surface area (Å²) in [6.45, 7) is 3.77. The summed E-state index contributed by atoms with van der Waals surface area (Å²) in [6.07, 6.45) is 0.485. The molecule has 1 aliphatic rings. The highest BCUT2D eigenvalue weighted by atomic mass is 32.1. The van der Waals surface area contributed by atoms with Crippen LogP contribution in [0.2, 0.25) is 0 Å². The summed E-state index contributed by atoms with van der Waals surface area (Å²) in [5.41, 5.74) is 3.99. The Labute approximate surface area is 192 Å². The number of benzene rings is 2. The molecule has 0 spiro atoms. The van der Waals surface area contributed by atoms with E-state index in [2.05, 4.69) is 41.4 Å². The van der Waals surface area contributed by atoms with Gasteiger partial charge >= 0.3 is 0 Å². The fourth-order valence-electron chi connectivity index (χ4n) is 4.05. The largest absolute Gasteiger partial charge is 0.342 e. The van der Waals surface area contributed by atoms with Crippen molar-refractivity contribution in [2.45, 2.75) is 19.3 Å². The standard InChI is InChI=1S/C23H21N7O2S/c1-13-6-7-17-18(8-13)33-23(26-17)28-21(31)12-30-10-14(11-30)22-27-20(29-32-22)9-19-24-15-4-2-3-5-16(15)25-19/h2-8,14H,9-12H2,1H3,(H,24,25)(H,26,28,31). The summed E-state index contributed by atoms with van der Waals surface area (Å²) in [5, 5.41) is 7.64. The molecule has 0 atom stereocenters. The van der Waals surface area contributed by atoms with E-state index in [0.29, 0.717) is 42.9 Å². The molecule has 5 aromatic rings. The van der Waals surface area contributed by atoms with E-state index >= 15 is 0 Å². The Kier molecular flexibility index (Phi) is 4.88. The van der Waals surface area contributed by atoms with E-state index in [-0.39, 0.29) is 11.8 Å². The van der Waals surface area contributed by atoms with E-state index in [9.17, 15) is 4.79 Å². The minimum absolute atomic E-state index is 0.0691. The highest BCUT2D eigenvalue weighted by molar-refractivity contribution is 7.22. The number of likely N-dealkylation sites (tertiary alicyclic amines) is 1. The number of hydrogen-bond acceptors (Lipinski definition) is 8. The van der Waals surface area contributed by atoms with Gasteiger partial charge in [0.15, 0.2) is 11.0 Å². The quantitative estimate of drug-likeness (QED) is 0.400. The topological polar surface area (TPSA) is 113 Å². The Morgan fingerprint density at radius 2 is 2.06 bits per heavy atom. The molecule has 0 bridgehead atoms. The minimum atomic E-state index is -0.0691. The number of thiazole rings is 1. The average molecular weight is 460 g/mol. The molecule has 166 valence electrons. The van der Waals surface area contributed by atoms with E-state index in [4.69, 9.17) is 4.52 Å². The smallest absolute Gasteiger partial charge is 0.240 e. The second-order valence-corrected chi connectivity index (χ2v) is 9.39. The van der Waals surface area contributed by atoms with Crippen molar-refractivity contribution in [1.29, 1.82) is 0 Å². The fourth-order valence-corrected chi connectivity index (χ4v) is 5.03. The average Bonchev–Trinajstić information content (AvgIpc) is 3.47. The van der Waals surface area contributed by atoms with Crippen molar-refractivity contribution in [1.82, 2.24) is 30.0 Å². The molecule has 6 rings (SSSR count). The van der Waals surface area contributed by atoms with Gasteiger partial charge in [-0.25, -0.2) is 9.97 Å². The van der Waals surface area contributed by atoms with Crippen LogP contribution < -0.4 is 5.32 Å². The van der Waals surface area contributed by atoms with Crippen LogP contribution in [0.5, 0.6) is 0 Å². The first-order chi connectivity index (χ1) is 16.1. The third kappa shape index (κ3) is 4.10. The SMILES string of the molecule is Cc1ccc2nc(NC(=O)CN3CC(c4nc(Cc5nc6ccccc6[nH]5)no4)C3)sc2c1. The summed E-state index contributed by atoms with van der Waals surface area (Å²) in [5.74, 6) is 2.09. The summed E-state index contributed by atoms with van der Waals surface area (Å²) in [4.78, 5) is 31.4. The highest BCUT2D eigenvalue weighted by Gasteiger charge is 2.33. The number of rotatable bonds is 6. The van der Waals surface area contributed by atoms with Gasteiger partial charge in [0.2, 0.25) is 11.8 Å². The first-order valence-corrected chi connectivity index (χ1v) is 11.6. The molecule has 9 nitrogen and oxygen atoms in total. The molecule has 33 heavy (non-hydrogen) atoms. The predicted octanol–water partition coefficient (Wildman–Crippen LogP) is 3.49. The summed E-state index contributed by atoms with van der Waals surface area (Å²) in [6, 6.07) is 14.0. The normalized spacial score (nSPS) is 14.7. The molecule has 1 aliphatic heterocycles. The van der Waals surface area contributed by atoms with Gasteiger partial charge in [-0.2, -0.15) is 4.98 Å². The molecule has 2 aromatic carbocycles. The lowest BCUT2D eigenvalue weighted by Gasteiger charge is -2.36. The van der Waals surface area contributed by atoms with E-state index in [1.807, 2.05) is 43.3 Å². The van der Waals surface area contributed by atoms with Crippen molar-refractivity contribution >= 4 is 43.6 Å². The number of nitrogens with zero attached hydrogens (tertiary/aromatic N) is 5. The molecule has 2 N–H and O–H groups in total. The van der Waals surface area contributed by atoms with Gasteiger partial charge < -0.3 is 14.8 Å². The molecule has 0 unspecified atom stereocenters. The van der Waals surface area contributed by atoms with Gasteiger partial charge in [-0.3, -0.25) is 9.69 Å². The maximum Gasteiger partial charge on any atom is 0.240 e. The van der Waals surface area contributed by atoms with Crippen LogP contribution in [0, 0.1) is 6.92 Å². The van der Waals surface area contributed by atoms with Crippen molar-refractivity contribution in [3.05, 3.63) is 65.6 Å². The number of nitrogens with one attached hydrogen (secondary N) is 2. The lowest BCUT2D eigenvalue weighted by atomic mass is 10.0. The maximum absolute atomic E-state index is 12.4. The van der Waals surface area contributed by atoms with Crippen LogP contribution in [0.3, 0.4) is 0 Å². The Morgan fingerprint density at radius 3 is 2.94 bits per heavy atom. The zero-order chi connectivity index (χ0) is 22.4. The van der Waals surface area contributed by atoms with Crippen molar-refractivity contribution in [3.63, 3.8) is 0 Å². The van der Waals surface area contributed by atoms with Crippen LogP contribution in [-0.4, -0.2) is 55.5 Å². The molecule has 4 heterocycles. The summed E-state index contributed by atoms with van der Waals surface area (Å²) >= 11 is 1.49. The minimum Gasteiger partial charge on any atom is -0.342 e. The third-order valence-electron chi connectivity index (χ3n) is 5.71. The highest BCUT2D eigenvalue weighted by Crippen LogP contribution is 2.28. The fraction of sp³-hybridized carbons (Fsp3) is 0.261. The molecule has 1 saturated heterocycles. The number of aryl methyl sites for hydroxylation is 1. The van der Waals surface area contributed by atoms with Crippen LogP contribution in [0.4, 0.5) is 5.13 Å². The second-order valence-electron chi connectivity index (χ2n) is 8.36. The van der Waals surface area contributed by atoms with E-state index in [1.54, 1.807) is 0 Å². The first-order valence-electron chi connectivity index (χ1n) is 10.7. The van der Waals surface area contributed by atoms with Crippen molar-refractivity contribution in [3.8, 4) is 0 Å². The van der Waals surface area contributed by atoms with Crippen LogP contribution in [0.1, 0.15) is 29.0 Å². The Bertz CT molecular complexity index is 1430. The number of carbonyl (C=O) groups is 1. The molecule has 0 saturated carbocycles. The molecule has 0 aliphatic carbocycles. The lowest BCUT2D eigenvalue weighted by molar-refractivity contribution is -0.118. The molecule has 10 heteroatoms. The number of imidazole rings is 1. The van der Waals surface area contributed by atoms with Gasteiger partial charge in [0, 0.05) is 13.1 Å². The van der Waals surface area contributed by atoms with Gasteiger partial charge in [-0.15, -0.1) is 0 Å². The first kappa shape index (κ1) is 20.0. The maximum atomic E-state index is 12.4.